The molecular formula is C17H13Cl2N3O8S2. The van der Waals surface area contributed by atoms with Gasteiger partial charge >= 0.3 is 5.97 Å². The lowest BCUT2D eigenvalue weighted by molar-refractivity contribution is -0.182. The zero-order valence-corrected chi connectivity index (χ0v) is 19.0. The number of nitrogens with one attached hydrogen (secondary N) is 1. The third-order valence-corrected chi connectivity index (χ3v) is 5.98. The Morgan fingerprint density at radius 2 is 1.72 bits per heavy atom. The molecule has 0 saturated heterocycles. The summed E-state index contributed by atoms with van der Waals surface area (Å²) in [6.07, 6.45) is 0.895. The molecule has 0 amide bonds. The van der Waals surface area contributed by atoms with E-state index in [2.05, 4.69) is 14.7 Å². The highest BCUT2D eigenvalue weighted by molar-refractivity contribution is 7.92. The summed E-state index contributed by atoms with van der Waals surface area (Å²) in [5.41, 5.74) is 0.124. The van der Waals surface area contributed by atoms with Gasteiger partial charge in [0.15, 0.2) is 0 Å². The summed E-state index contributed by atoms with van der Waals surface area (Å²) < 4.78 is 59.1. The van der Waals surface area contributed by atoms with Gasteiger partial charge in [0, 0.05) is 11.6 Å². The van der Waals surface area contributed by atoms with Crippen LogP contribution in [0.4, 0.5) is 5.82 Å². The highest BCUT2D eigenvalue weighted by Gasteiger charge is 2.22. The molecule has 15 heteroatoms. The number of sulfonamides is 1. The van der Waals surface area contributed by atoms with Crippen LogP contribution in [0.5, 0.6) is 0 Å². The number of halogens is 2. The van der Waals surface area contributed by atoms with Crippen LogP contribution in [0.2, 0.25) is 10.0 Å². The van der Waals surface area contributed by atoms with Crippen molar-refractivity contribution in [3.63, 3.8) is 0 Å². The first-order chi connectivity index (χ1) is 14.8. The van der Waals surface area contributed by atoms with Gasteiger partial charge in [-0.05, 0) is 24.3 Å². The summed E-state index contributed by atoms with van der Waals surface area (Å²) >= 11 is 12.5. The largest absolute Gasteiger partial charge is 0.372 e. The minimum atomic E-state index is -4.50. The van der Waals surface area contributed by atoms with Crippen molar-refractivity contribution in [2.24, 2.45) is 0 Å². The van der Waals surface area contributed by atoms with Gasteiger partial charge in [-0.3, -0.25) is 14.2 Å². The number of anilines is 1. The van der Waals surface area contributed by atoms with E-state index in [9.17, 15) is 26.2 Å². The first-order valence-corrected chi connectivity index (χ1v) is 12.4. The Labute approximate surface area is 191 Å². The minimum Gasteiger partial charge on any atom is -0.296 e. The van der Waals surface area contributed by atoms with E-state index in [0.29, 0.717) is 0 Å². The Kier molecular flexibility index (Phi) is 6.51. The molecule has 0 atom stereocenters. The van der Waals surface area contributed by atoms with E-state index in [-0.39, 0.29) is 38.4 Å². The summed E-state index contributed by atoms with van der Waals surface area (Å²) in [7, 11) is -8.30. The van der Waals surface area contributed by atoms with Gasteiger partial charge in [0.05, 0.1) is 32.5 Å². The van der Waals surface area contributed by atoms with Crippen LogP contribution in [0.25, 0.3) is 16.9 Å². The third kappa shape index (κ3) is 5.20. The van der Waals surface area contributed by atoms with Gasteiger partial charge in [-0.2, -0.15) is 18.8 Å². The lowest BCUT2D eigenvalue weighted by Gasteiger charge is -2.12. The van der Waals surface area contributed by atoms with Crippen LogP contribution in [0.3, 0.4) is 0 Å². The van der Waals surface area contributed by atoms with Crippen molar-refractivity contribution in [1.29, 1.82) is 0 Å². The van der Waals surface area contributed by atoms with Crippen molar-refractivity contribution < 1.29 is 36.3 Å². The van der Waals surface area contributed by atoms with Crippen LogP contribution in [0, 0.1) is 0 Å². The van der Waals surface area contributed by atoms with Gasteiger partial charge in [-0.15, -0.1) is 0 Å². The Bertz CT molecular complexity index is 1410. The average Bonchev–Trinajstić information content (AvgIpc) is 3.07. The van der Waals surface area contributed by atoms with Crippen molar-refractivity contribution in [3.05, 3.63) is 58.1 Å². The fraction of sp³-hybridized carbons (Fsp3) is 0.0588. The van der Waals surface area contributed by atoms with E-state index < -0.39 is 31.0 Å². The normalized spacial score (nSPS) is 11.9. The molecule has 3 rings (SSSR count). The number of hydrogen-bond donors (Lipinski definition) is 3. The van der Waals surface area contributed by atoms with Crippen LogP contribution in [0.15, 0.2) is 47.4 Å². The maximum atomic E-state index is 11.8. The topological polar surface area (TPSA) is 165 Å². The van der Waals surface area contributed by atoms with Crippen LogP contribution in [-0.4, -0.2) is 48.7 Å². The molecule has 170 valence electrons. The Morgan fingerprint density at radius 1 is 1.09 bits per heavy atom. The molecule has 11 nitrogen and oxygen atoms in total. The molecule has 0 fully saturated rings. The SMILES string of the molecule is CS(=O)(=O)Nc1cc(-c2cccc(S(=O)(=O)O)c2)nn1-c1c(Cl)cc(C(=O)OO)cc1Cl. The fourth-order valence-electron chi connectivity index (χ4n) is 2.71. The van der Waals surface area contributed by atoms with Gasteiger partial charge in [-0.1, -0.05) is 35.3 Å². The van der Waals surface area contributed by atoms with Crippen LogP contribution in [-0.2, 0) is 25.0 Å². The van der Waals surface area contributed by atoms with Crippen molar-refractivity contribution in [2.75, 3.05) is 11.0 Å². The zero-order chi connectivity index (χ0) is 23.8. The predicted molar refractivity (Wildman–Crippen MR) is 115 cm³/mol. The summed E-state index contributed by atoms with van der Waals surface area (Å²) in [6, 6.07) is 8.66. The number of nitrogens with zero attached hydrogens (tertiary/aromatic N) is 2. The molecule has 3 N–H and O–H groups in total. The van der Waals surface area contributed by atoms with Crippen molar-refractivity contribution in [2.45, 2.75) is 4.90 Å². The fourth-order valence-corrected chi connectivity index (χ4v) is 4.41. The lowest BCUT2D eigenvalue weighted by atomic mass is 10.1. The van der Waals surface area contributed by atoms with Gasteiger partial charge in [0.25, 0.3) is 10.1 Å². The van der Waals surface area contributed by atoms with E-state index in [1.807, 2.05) is 0 Å². The number of hydrogen-bond acceptors (Lipinski definition) is 8. The molecule has 2 aromatic carbocycles. The summed E-state index contributed by atoms with van der Waals surface area (Å²) in [4.78, 5) is 14.8. The Morgan fingerprint density at radius 3 is 2.25 bits per heavy atom. The molecule has 0 saturated carbocycles. The number of benzene rings is 2. The van der Waals surface area contributed by atoms with E-state index in [0.717, 1.165) is 35.2 Å². The second-order valence-corrected chi connectivity index (χ2v) is 10.4. The van der Waals surface area contributed by atoms with E-state index in [1.54, 1.807) is 0 Å². The Balaban J connectivity index is 2.23. The lowest BCUT2D eigenvalue weighted by Crippen LogP contribution is -2.14. The maximum absolute atomic E-state index is 11.8. The molecule has 0 aliphatic heterocycles. The van der Waals surface area contributed by atoms with Gasteiger partial charge in [0.1, 0.15) is 11.5 Å². The molecule has 1 heterocycles. The number of rotatable bonds is 6. The first-order valence-electron chi connectivity index (χ1n) is 8.31. The zero-order valence-electron chi connectivity index (χ0n) is 15.9. The van der Waals surface area contributed by atoms with Gasteiger partial charge < -0.3 is 0 Å². The minimum absolute atomic E-state index is 0.0221. The quantitative estimate of drug-likeness (QED) is 0.251. The first kappa shape index (κ1) is 24.0. The molecule has 0 radical (unpaired) electrons. The van der Waals surface area contributed by atoms with Crippen LogP contribution in [0.1, 0.15) is 10.4 Å². The molecule has 3 aromatic rings. The molecule has 0 unspecified atom stereocenters. The second-order valence-electron chi connectivity index (χ2n) is 6.37. The van der Waals surface area contributed by atoms with E-state index in [1.165, 1.54) is 18.2 Å². The second kappa shape index (κ2) is 8.69. The Hall–Kier alpha value is -2.68. The maximum Gasteiger partial charge on any atom is 0.372 e. The van der Waals surface area contributed by atoms with E-state index >= 15 is 0 Å². The van der Waals surface area contributed by atoms with E-state index in [4.69, 9.17) is 28.5 Å². The molecule has 0 aliphatic carbocycles. The van der Waals surface area contributed by atoms with Gasteiger partial charge in [0.2, 0.25) is 10.0 Å². The standard InChI is InChI=1S/C17H13Cl2N3O8S2/c1-31(25,26)21-15-8-14(9-3-2-4-11(5-9)32(27,28)29)20-22(15)16-12(18)6-10(7-13(16)19)17(23)30-24/h2-8,21,24H,1H3,(H,27,28,29). The number of carbonyl (C=O) groups is 1. The van der Waals surface area contributed by atoms with Crippen molar-refractivity contribution >= 4 is 55.1 Å². The third-order valence-electron chi connectivity index (χ3n) is 3.97. The van der Waals surface area contributed by atoms with Crippen LogP contribution >= 0.6 is 23.2 Å². The number of aromatic nitrogens is 2. The van der Waals surface area contributed by atoms with Crippen molar-refractivity contribution in [1.82, 2.24) is 9.78 Å². The summed E-state index contributed by atoms with van der Waals surface area (Å²) in [5, 5.41) is 12.5. The molecular weight excluding hydrogens is 509 g/mol. The average molecular weight is 522 g/mol. The molecule has 0 aliphatic rings. The molecule has 1 aromatic heterocycles. The highest BCUT2D eigenvalue weighted by Crippen LogP contribution is 2.35. The molecule has 0 bridgehead atoms. The summed E-state index contributed by atoms with van der Waals surface area (Å²) in [6.45, 7) is 0. The van der Waals surface area contributed by atoms with Crippen molar-refractivity contribution in [3.8, 4) is 16.9 Å². The highest BCUT2D eigenvalue weighted by atomic mass is 35.5. The monoisotopic (exact) mass is 521 g/mol. The van der Waals surface area contributed by atoms with Crippen LogP contribution < -0.4 is 4.72 Å². The molecule has 32 heavy (non-hydrogen) atoms. The van der Waals surface area contributed by atoms with Gasteiger partial charge in [-0.25, -0.2) is 17.9 Å². The summed E-state index contributed by atoms with van der Waals surface area (Å²) in [5.74, 6) is -1.24. The number of carbonyl (C=O) groups excluding carboxylic acids is 1. The predicted octanol–water partition coefficient (Wildman–Crippen LogP) is 3.09. The molecule has 0 spiro atoms. The smallest absolute Gasteiger partial charge is 0.296 e.